The van der Waals surface area contributed by atoms with Gasteiger partial charge in [-0.05, 0) is 0 Å². The molecule has 0 bridgehead atoms. The lowest BCUT2D eigenvalue weighted by Crippen LogP contribution is -2.01. The maximum Gasteiger partial charge on any atom is 0.298 e. The molecular weight excluding hydrogens is 240 g/mol. The lowest BCUT2D eigenvalue weighted by Gasteiger charge is -2.04. The Labute approximate surface area is 90.3 Å². The van der Waals surface area contributed by atoms with Crippen LogP contribution >= 0.6 is 0 Å². The van der Waals surface area contributed by atoms with Crippen molar-refractivity contribution in [2.24, 2.45) is 0 Å². The van der Waals surface area contributed by atoms with Crippen LogP contribution in [0.4, 0.5) is 0 Å². The molecule has 0 aliphatic rings. The van der Waals surface area contributed by atoms with Crippen LogP contribution in [-0.2, 0) is 19.7 Å². The van der Waals surface area contributed by atoms with E-state index in [0.29, 0.717) is 0 Å². The fourth-order valence-electron chi connectivity index (χ4n) is 0.942. The predicted octanol–water partition coefficient (Wildman–Crippen LogP) is 0.00370. The highest BCUT2D eigenvalue weighted by molar-refractivity contribution is 7.85. The van der Waals surface area contributed by atoms with Crippen molar-refractivity contribution >= 4 is 23.1 Å². The van der Waals surface area contributed by atoms with E-state index in [1.165, 1.54) is 0 Å². The number of rotatable bonds is 5. The Morgan fingerprint density at radius 3 is 1.75 bits per heavy atom. The number of benzene rings is 1. The quantitative estimate of drug-likeness (QED) is 0.575. The Hall–Kier alpha value is -1.93. The van der Waals surface area contributed by atoms with Crippen molar-refractivity contribution in [3.05, 3.63) is 18.2 Å². The van der Waals surface area contributed by atoms with Crippen molar-refractivity contribution in [1.29, 1.82) is 0 Å². The molecular formula is C8H6O7S. The van der Waals surface area contributed by atoms with Gasteiger partial charge < -0.3 is 9.47 Å². The molecule has 86 valence electrons. The van der Waals surface area contributed by atoms with E-state index in [-0.39, 0.29) is 24.4 Å². The molecule has 0 aliphatic heterocycles. The van der Waals surface area contributed by atoms with Crippen LogP contribution in [0.5, 0.6) is 11.5 Å². The van der Waals surface area contributed by atoms with Gasteiger partial charge in [-0.2, -0.15) is 8.42 Å². The number of hydrogen-bond donors (Lipinski definition) is 1. The number of hydrogen-bond acceptors (Lipinski definition) is 6. The molecule has 8 heteroatoms. The fraction of sp³-hybridized carbons (Fsp3) is 0. The fourth-order valence-corrected chi connectivity index (χ4v) is 1.47. The van der Waals surface area contributed by atoms with Gasteiger partial charge in [-0.15, -0.1) is 0 Å². The van der Waals surface area contributed by atoms with Gasteiger partial charge in [0, 0.05) is 18.2 Å². The van der Waals surface area contributed by atoms with Gasteiger partial charge in [0.05, 0.1) is 0 Å². The molecule has 0 unspecified atom stereocenters. The maximum atomic E-state index is 10.8. The molecule has 0 spiro atoms. The Morgan fingerprint density at radius 2 is 1.44 bits per heavy atom. The largest absolute Gasteiger partial charge is 0.429 e. The van der Waals surface area contributed by atoms with Crippen LogP contribution in [0, 0.1) is 0 Å². The molecule has 0 saturated carbocycles. The second-order valence-electron chi connectivity index (χ2n) is 2.54. The van der Waals surface area contributed by atoms with E-state index in [1.807, 2.05) is 0 Å². The molecule has 0 amide bonds. The van der Waals surface area contributed by atoms with E-state index >= 15 is 0 Å². The lowest BCUT2D eigenvalue weighted by atomic mass is 10.3. The topological polar surface area (TPSA) is 107 Å². The number of carbonyl (C=O) groups is 2. The molecule has 1 rings (SSSR count). The first-order valence-corrected chi connectivity index (χ1v) is 5.24. The van der Waals surface area contributed by atoms with Crippen LogP contribution in [-0.4, -0.2) is 25.9 Å². The number of ether oxygens (including phenoxy) is 2. The average molecular weight is 246 g/mol. The molecule has 1 aromatic rings. The van der Waals surface area contributed by atoms with Crippen molar-refractivity contribution in [3.8, 4) is 11.5 Å². The van der Waals surface area contributed by atoms with Crippen LogP contribution in [0.3, 0.4) is 0 Å². The zero-order chi connectivity index (χ0) is 12.2. The van der Waals surface area contributed by atoms with E-state index in [1.54, 1.807) is 0 Å². The maximum absolute atomic E-state index is 10.8. The van der Waals surface area contributed by atoms with Crippen molar-refractivity contribution in [3.63, 3.8) is 0 Å². The SMILES string of the molecule is O=COc1cc(OC=O)cc(S(=O)(=O)O)c1. The molecule has 0 radical (unpaired) electrons. The van der Waals surface area contributed by atoms with Crippen LogP contribution in [0.2, 0.25) is 0 Å². The predicted molar refractivity (Wildman–Crippen MR) is 49.6 cm³/mol. The van der Waals surface area contributed by atoms with Crippen LogP contribution in [0.15, 0.2) is 23.1 Å². The summed E-state index contributed by atoms with van der Waals surface area (Å²) in [5.41, 5.74) is 0. The van der Waals surface area contributed by atoms with Crippen molar-refractivity contribution < 1.29 is 32.0 Å². The Morgan fingerprint density at radius 1 is 1.00 bits per heavy atom. The molecule has 1 N–H and O–H groups in total. The van der Waals surface area contributed by atoms with Gasteiger partial charge in [-0.25, -0.2) is 0 Å². The van der Waals surface area contributed by atoms with E-state index in [4.69, 9.17) is 4.55 Å². The van der Waals surface area contributed by atoms with Crippen molar-refractivity contribution in [2.75, 3.05) is 0 Å². The molecule has 0 aromatic heterocycles. The first-order valence-electron chi connectivity index (χ1n) is 3.80. The highest BCUT2D eigenvalue weighted by Crippen LogP contribution is 2.25. The van der Waals surface area contributed by atoms with Crippen LogP contribution in [0.1, 0.15) is 0 Å². The normalized spacial score (nSPS) is 10.6. The standard InChI is InChI=1S/C8H6O7S/c9-4-14-6-1-7(15-5-10)3-8(2-6)16(11,12)13/h1-5H,(H,11,12,13). The second-order valence-corrected chi connectivity index (χ2v) is 3.96. The summed E-state index contributed by atoms with van der Waals surface area (Å²) in [5, 5.41) is 0. The summed E-state index contributed by atoms with van der Waals surface area (Å²) in [7, 11) is -4.48. The van der Waals surface area contributed by atoms with Gasteiger partial charge in [0.2, 0.25) is 0 Å². The summed E-state index contributed by atoms with van der Waals surface area (Å²) in [5.74, 6) is -0.357. The zero-order valence-electron chi connectivity index (χ0n) is 7.69. The third kappa shape index (κ3) is 3.04. The molecule has 0 saturated heterocycles. The molecule has 0 heterocycles. The monoisotopic (exact) mass is 246 g/mol. The molecule has 0 aliphatic carbocycles. The van der Waals surface area contributed by atoms with Gasteiger partial charge in [-0.1, -0.05) is 0 Å². The van der Waals surface area contributed by atoms with E-state index in [9.17, 15) is 18.0 Å². The Kier molecular flexibility index (Phi) is 3.59. The summed E-state index contributed by atoms with van der Waals surface area (Å²) < 4.78 is 39.1. The summed E-state index contributed by atoms with van der Waals surface area (Å²) in [6.07, 6.45) is 0. The highest BCUT2D eigenvalue weighted by atomic mass is 32.2. The molecule has 1 aromatic carbocycles. The first kappa shape index (κ1) is 12.1. The van der Waals surface area contributed by atoms with Gasteiger partial charge >= 0.3 is 0 Å². The third-order valence-corrected chi connectivity index (χ3v) is 2.35. The minimum Gasteiger partial charge on any atom is -0.429 e. The van der Waals surface area contributed by atoms with Crippen molar-refractivity contribution in [1.82, 2.24) is 0 Å². The smallest absolute Gasteiger partial charge is 0.298 e. The zero-order valence-corrected chi connectivity index (χ0v) is 8.51. The van der Waals surface area contributed by atoms with Gasteiger partial charge in [0.15, 0.2) is 0 Å². The molecule has 7 nitrogen and oxygen atoms in total. The Balaban J connectivity index is 3.28. The average Bonchev–Trinajstić information content (AvgIpc) is 2.17. The minimum atomic E-state index is -4.48. The summed E-state index contributed by atoms with van der Waals surface area (Å²) in [6, 6.07) is 2.92. The summed E-state index contributed by atoms with van der Waals surface area (Å²) in [4.78, 5) is 19.6. The highest BCUT2D eigenvalue weighted by Gasteiger charge is 2.13. The van der Waals surface area contributed by atoms with Crippen molar-refractivity contribution in [2.45, 2.75) is 4.90 Å². The van der Waals surface area contributed by atoms with Crippen LogP contribution in [0.25, 0.3) is 0 Å². The lowest BCUT2D eigenvalue weighted by molar-refractivity contribution is -0.121. The minimum absolute atomic E-state index is 0.0633. The molecule has 0 fully saturated rings. The van der Waals surface area contributed by atoms with E-state index in [0.717, 1.165) is 18.2 Å². The third-order valence-electron chi connectivity index (χ3n) is 1.52. The Bertz CT molecular complexity index is 477. The second kappa shape index (κ2) is 4.73. The van der Waals surface area contributed by atoms with E-state index in [2.05, 4.69) is 9.47 Å². The summed E-state index contributed by atoms with van der Waals surface area (Å²) in [6.45, 7) is 0.127. The summed E-state index contributed by atoms with van der Waals surface area (Å²) >= 11 is 0. The first-order chi connectivity index (χ1) is 7.47. The van der Waals surface area contributed by atoms with Crippen LogP contribution < -0.4 is 9.47 Å². The number of carbonyl (C=O) groups excluding carboxylic acids is 2. The molecule has 0 atom stereocenters. The van der Waals surface area contributed by atoms with Gasteiger partial charge in [-0.3, -0.25) is 14.1 Å². The van der Waals surface area contributed by atoms with Gasteiger partial charge in [0.1, 0.15) is 16.4 Å². The van der Waals surface area contributed by atoms with Gasteiger partial charge in [0.25, 0.3) is 23.1 Å². The molecule has 16 heavy (non-hydrogen) atoms. The van der Waals surface area contributed by atoms with E-state index < -0.39 is 15.0 Å².